The van der Waals surface area contributed by atoms with Crippen LogP contribution in [0.4, 0.5) is 0 Å². The van der Waals surface area contributed by atoms with E-state index in [9.17, 15) is 0 Å². The average Bonchev–Trinajstić information content (AvgIpc) is 2.81. The van der Waals surface area contributed by atoms with Crippen molar-refractivity contribution in [3.63, 3.8) is 0 Å². The van der Waals surface area contributed by atoms with E-state index < -0.39 is 0 Å². The van der Waals surface area contributed by atoms with E-state index in [0.717, 1.165) is 60.5 Å². The van der Waals surface area contributed by atoms with Crippen LogP contribution in [0.3, 0.4) is 0 Å². The Balaban J connectivity index is 1.53. The lowest BCUT2D eigenvalue weighted by molar-refractivity contribution is 0.215. The summed E-state index contributed by atoms with van der Waals surface area (Å²) in [5.41, 5.74) is 3.00. The summed E-state index contributed by atoms with van der Waals surface area (Å²) >= 11 is 0. The fourth-order valence-electron chi connectivity index (χ4n) is 3.29. The maximum absolute atomic E-state index is 6.05. The van der Waals surface area contributed by atoms with Crippen LogP contribution < -0.4 is 14.2 Å². The third-order valence-electron chi connectivity index (χ3n) is 4.99. The topological polar surface area (TPSA) is 75.1 Å². The number of aryl methyl sites for hydroxylation is 2. The molecule has 33 heavy (non-hydrogen) atoms. The van der Waals surface area contributed by atoms with Crippen LogP contribution in [0.25, 0.3) is 0 Å². The number of hydrogen-bond donors (Lipinski definition) is 0. The van der Waals surface area contributed by atoms with Crippen LogP contribution in [0.15, 0.2) is 41.8 Å². The third kappa shape index (κ3) is 10.4. The molecule has 0 radical (unpaired) electrons. The molecular weight excluding hydrogens is 418 g/mol. The summed E-state index contributed by atoms with van der Waals surface area (Å²) in [6.45, 7) is 8.09. The monoisotopic (exact) mass is 455 g/mol. The smallest absolute Gasteiger partial charge is 0.316 e. The zero-order chi connectivity index (χ0) is 23.7. The fraction of sp³-hybridized carbons (Fsp3) is 0.500. The molecule has 0 saturated carbocycles. The molecule has 0 fully saturated rings. The Morgan fingerprint density at radius 2 is 1.45 bits per heavy atom. The van der Waals surface area contributed by atoms with Gasteiger partial charge in [0, 0.05) is 18.0 Å². The highest BCUT2D eigenvalue weighted by Crippen LogP contribution is 2.28. The number of aromatic nitrogens is 2. The summed E-state index contributed by atoms with van der Waals surface area (Å²) < 4.78 is 17.4. The van der Waals surface area contributed by atoms with Gasteiger partial charge in [0.15, 0.2) is 0 Å². The van der Waals surface area contributed by atoms with Crippen LogP contribution in [0, 0.1) is 13.8 Å². The SMILES string of the molecule is C/C=C/COc1cc(C)c(OCCCCCCCCOc2ncc(/C=N/OC)cn2)c(C)c1. The van der Waals surface area contributed by atoms with Crippen LogP contribution in [0.1, 0.15) is 62.1 Å². The van der Waals surface area contributed by atoms with Gasteiger partial charge in [-0.15, -0.1) is 0 Å². The van der Waals surface area contributed by atoms with Gasteiger partial charge in [-0.25, -0.2) is 9.97 Å². The largest absolute Gasteiger partial charge is 0.493 e. The normalized spacial score (nSPS) is 11.3. The molecule has 0 amide bonds. The molecule has 7 heteroatoms. The van der Waals surface area contributed by atoms with Gasteiger partial charge in [0.25, 0.3) is 0 Å². The maximum Gasteiger partial charge on any atom is 0.316 e. The highest BCUT2D eigenvalue weighted by atomic mass is 16.6. The van der Waals surface area contributed by atoms with Crippen molar-refractivity contribution in [3.8, 4) is 17.5 Å². The van der Waals surface area contributed by atoms with Gasteiger partial charge in [-0.1, -0.05) is 43.0 Å². The molecule has 1 heterocycles. The lowest BCUT2D eigenvalue weighted by Gasteiger charge is -2.14. The third-order valence-corrected chi connectivity index (χ3v) is 4.99. The summed E-state index contributed by atoms with van der Waals surface area (Å²) in [6, 6.07) is 4.48. The Labute approximate surface area is 197 Å². The first-order chi connectivity index (χ1) is 16.1. The Hall–Kier alpha value is -3.09. The summed E-state index contributed by atoms with van der Waals surface area (Å²) in [6.07, 6.45) is 15.6. The van der Waals surface area contributed by atoms with Gasteiger partial charge in [-0.3, -0.25) is 0 Å². The molecule has 1 aromatic carbocycles. The number of allylic oxidation sites excluding steroid dienone is 1. The summed E-state index contributed by atoms with van der Waals surface area (Å²) in [7, 11) is 1.49. The van der Waals surface area contributed by atoms with Gasteiger partial charge in [0.05, 0.1) is 19.4 Å². The van der Waals surface area contributed by atoms with Crippen molar-refractivity contribution in [2.45, 2.75) is 59.3 Å². The molecule has 0 N–H and O–H groups in total. The molecule has 0 unspecified atom stereocenters. The lowest BCUT2D eigenvalue weighted by Crippen LogP contribution is -2.02. The molecule has 2 aromatic rings. The van der Waals surface area contributed by atoms with E-state index in [4.69, 9.17) is 14.2 Å². The van der Waals surface area contributed by atoms with Gasteiger partial charge < -0.3 is 19.0 Å². The predicted molar refractivity (Wildman–Crippen MR) is 132 cm³/mol. The predicted octanol–water partition coefficient (Wildman–Crippen LogP) is 5.83. The second-order valence-electron chi connectivity index (χ2n) is 7.80. The Bertz CT molecular complexity index is 843. The van der Waals surface area contributed by atoms with E-state index >= 15 is 0 Å². The number of nitrogens with zero attached hydrogens (tertiary/aromatic N) is 3. The standard InChI is InChI=1S/C26H37N3O4/c1-5-6-13-31-24-16-21(2)25(22(3)17-24)32-14-11-9-7-8-10-12-15-33-26-27-18-23(19-28-26)20-29-30-4/h5-6,16-20H,7-15H2,1-4H3/b6-5+,29-20+. The van der Waals surface area contributed by atoms with E-state index in [1.165, 1.54) is 20.0 Å². The first kappa shape index (κ1) is 26.2. The molecule has 0 aliphatic rings. The number of hydrogen-bond acceptors (Lipinski definition) is 7. The molecule has 0 bridgehead atoms. The Morgan fingerprint density at radius 1 is 0.848 bits per heavy atom. The maximum atomic E-state index is 6.05. The van der Waals surface area contributed by atoms with Crippen molar-refractivity contribution in [2.24, 2.45) is 5.16 Å². The van der Waals surface area contributed by atoms with Crippen LogP contribution >= 0.6 is 0 Å². The van der Waals surface area contributed by atoms with Gasteiger partial charge in [0.2, 0.25) is 0 Å². The summed E-state index contributed by atoms with van der Waals surface area (Å²) in [4.78, 5) is 12.9. The van der Waals surface area contributed by atoms with Gasteiger partial charge in [-0.2, -0.15) is 0 Å². The molecule has 2 rings (SSSR count). The molecule has 0 spiro atoms. The summed E-state index contributed by atoms with van der Waals surface area (Å²) in [5.74, 6) is 1.87. The number of ether oxygens (including phenoxy) is 3. The van der Waals surface area contributed by atoms with E-state index in [1.54, 1.807) is 18.6 Å². The number of benzene rings is 1. The second kappa shape index (κ2) is 15.7. The van der Waals surface area contributed by atoms with Crippen molar-refractivity contribution >= 4 is 6.21 Å². The van der Waals surface area contributed by atoms with E-state index in [2.05, 4.69) is 33.8 Å². The minimum atomic E-state index is 0.393. The van der Waals surface area contributed by atoms with Crippen molar-refractivity contribution in [1.29, 1.82) is 0 Å². The van der Waals surface area contributed by atoms with E-state index in [1.807, 2.05) is 31.2 Å². The van der Waals surface area contributed by atoms with Crippen molar-refractivity contribution < 1.29 is 19.0 Å². The number of oxime groups is 1. The van der Waals surface area contributed by atoms with Crippen LogP contribution in [-0.2, 0) is 4.84 Å². The molecule has 0 atom stereocenters. The van der Waals surface area contributed by atoms with Gasteiger partial charge in [0.1, 0.15) is 25.2 Å². The molecule has 0 saturated heterocycles. The highest BCUT2D eigenvalue weighted by Gasteiger charge is 2.07. The highest BCUT2D eigenvalue weighted by molar-refractivity contribution is 5.77. The van der Waals surface area contributed by atoms with Gasteiger partial charge in [-0.05, 0) is 56.9 Å². The van der Waals surface area contributed by atoms with Gasteiger partial charge >= 0.3 is 6.01 Å². The molecule has 7 nitrogen and oxygen atoms in total. The Morgan fingerprint density at radius 3 is 2.06 bits per heavy atom. The fourth-order valence-corrected chi connectivity index (χ4v) is 3.29. The lowest BCUT2D eigenvalue weighted by atomic mass is 10.1. The zero-order valence-corrected chi connectivity index (χ0v) is 20.4. The zero-order valence-electron chi connectivity index (χ0n) is 20.4. The van der Waals surface area contributed by atoms with Crippen LogP contribution in [-0.4, -0.2) is 43.1 Å². The van der Waals surface area contributed by atoms with Crippen molar-refractivity contribution in [1.82, 2.24) is 9.97 Å². The van der Waals surface area contributed by atoms with E-state index in [-0.39, 0.29) is 0 Å². The Kier molecular flexibility index (Phi) is 12.4. The molecule has 0 aliphatic heterocycles. The molecule has 0 aliphatic carbocycles. The van der Waals surface area contributed by atoms with Crippen LogP contribution in [0.2, 0.25) is 0 Å². The minimum absolute atomic E-state index is 0.393. The molecular formula is C26H37N3O4. The number of rotatable bonds is 16. The first-order valence-electron chi connectivity index (χ1n) is 11.6. The van der Waals surface area contributed by atoms with E-state index in [0.29, 0.717) is 19.2 Å². The minimum Gasteiger partial charge on any atom is -0.493 e. The molecule has 1 aromatic heterocycles. The number of unbranched alkanes of at least 4 members (excludes halogenated alkanes) is 5. The first-order valence-corrected chi connectivity index (χ1v) is 11.6. The van der Waals surface area contributed by atoms with Crippen LogP contribution in [0.5, 0.6) is 17.5 Å². The quantitative estimate of drug-likeness (QED) is 0.137. The molecule has 180 valence electrons. The van der Waals surface area contributed by atoms with Crippen molar-refractivity contribution in [3.05, 3.63) is 53.4 Å². The summed E-state index contributed by atoms with van der Waals surface area (Å²) in [5, 5.41) is 3.67. The van der Waals surface area contributed by atoms with Crippen molar-refractivity contribution in [2.75, 3.05) is 26.9 Å². The average molecular weight is 456 g/mol. The second-order valence-corrected chi connectivity index (χ2v) is 7.80.